The van der Waals surface area contributed by atoms with E-state index in [0.717, 1.165) is 6.42 Å². The minimum Gasteiger partial charge on any atom is -0.198 e. The standard InChI is InChI=1S/C5H6ClN/c6-2-4-1-5(4)3-7/h4-5H,1-2H2. The van der Waals surface area contributed by atoms with Crippen molar-refractivity contribution in [3.63, 3.8) is 0 Å². The molecule has 1 fully saturated rings. The number of rotatable bonds is 1. The first-order valence-corrected chi connectivity index (χ1v) is 2.87. The summed E-state index contributed by atoms with van der Waals surface area (Å²) in [6, 6.07) is 2.16. The van der Waals surface area contributed by atoms with Gasteiger partial charge in [0.1, 0.15) is 0 Å². The van der Waals surface area contributed by atoms with Gasteiger partial charge in [-0.15, -0.1) is 11.6 Å². The summed E-state index contributed by atoms with van der Waals surface area (Å²) in [5.74, 6) is 1.47. The Hall–Kier alpha value is -0.220. The van der Waals surface area contributed by atoms with Crippen molar-refractivity contribution in [2.75, 3.05) is 5.88 Å². The van der Waals surface area contributed by atoms with Crippen LogP contribution in [0.2, 0.25) is 0 Å². The van der Waals surface area contributed by atoms with E-state index >= 15 is 0 Å². The fourth-order valence-electron chi connectivity index (χ4n) is 0.576. The van der Waals surface area contributed by atoms with E-state index in [2.05, 4.69) is 6.07 Å². The van der Waals surface area contributed by atoms with E-state index in [4.69, 9.17) is 16.9 Å². The molecule has 0 saturated heterocycles. The molecule has 0 aromatic carbocycles. The van der Waals surface area contributed by atoms with Gasteiger partial charge in [0.25, 0.3) is 0 Å². The van der Waals surface area contributed by atoms with Crippen LogP contribution in [0, 0.1) is 23.2 Å². The van der Waals surface area contributed by atoms with Crippen molar-refractivity contribution >= 4 is 11.6 Å². The van der Waals surface area contributed by atoms with Gasteiger partial charge in [-0.3, -0.25) is 0 Å². The molecule has 0 aliphatic heterocycles. The highest BCUT2D eigenvalue weighted by molar-refractivity contribution is 6.18. The SMILES string of the molecule is N#CC1CC1CCl. The van der Waals surface area contributed by atoms with Gasteiger partial charge in [0.15, 0.2) is 0 Å². The first-order chi connectivity index (χ1) is 3.38. The Kier molecular flexibility index (Phi) is 1.21. The first-order valence-electron chi connectivity index (χ1n) is 2.34. The average molecular weight is 116 g/mol. The lowest BCUT2D eigenvalue weighted by atomic mass is 10.4. The van der Waals surface area contributed by atoms with E-state index in [1.54, 1.807) is 0 Å². The lowest BCUT2D eigenvalue weighted by Crippen LogP contribution is -1.76. The second-order valence-corrected chi connectivity index (χ2v) is 2.19. The van der Waals surface area contributed by atoms with E-state index in [9.17, 15) is 0 Å². The van der Waals surface area contributed by atoms with Crippen molar-refractivity contribution in [3.05, 3.63) is 0 Å². The predicted molar refractivity (Wildman–Crippen MR) is 27.9 cm³/mol. The summed E-state index contributed by atoms with van der Waals surface area (Å²) in [5, 5.41) is 8.20. The number of nitriles is 1. The molecule has 0 spiro atoms. The minimum absolute atomic E-state index is 0.289. The van der Waals surface area contributed by atoms with Crippen LogP contribution in [0.3, 0.4) is 0 Å². The zero-order chi connectivity index (χ0) is 5.28. The molecule has 7 heavy (non-hydrogen) atoms. The summed E-state index contributed by atoms with van der Waals surface area (Å²) in [7, 11) is 0. The Labute approximate surface area is 47.9 Å². The molecule has 2 unspecified atom stereocenters. The molecule has 0 radical (unpaired) electrons. The Morgan fingerprint density at radius 1 is 1.86 bits per heavy atom. The van der Waals surface area contributed by atoms with E-state index in [-0.39, 0.29) is 5.92 Å². The van der Waals surface area contributed by atoms with Crippen molar-refractivity contribution in [2.45, 2.75) is 6.42 Å². The summed E-state index contributed by atoms with van der Waals surface area (Å²) in [6.07, 6.45) is 1.03. The van der Waals surface area contributed by atoms with Crippen LogP contribution in [0.1, 0.15) is 6.42 Å². The molecule has 0 bridgehead atoms. The van der Waals surface area contributed by atoms with Crippen molar-refractivity contribution in [1.29, 1.82) is 5.26 Å². The zero-order valence-corrected chi connectivity index (χ0v) is 4.65. The van der Waals surface area contributed by atoms with Crippen LogP contribution in [-0.4, -0.2) is 5.88 Å². The van der Waals surface area contributed by atoms with E-state index in [1.807, 2.05) is 0 Å². The molecule has 0 aromatic rings. The Morgan fingerprint density at radius 2 is 2.57 bits per heavy atom. The molecular formula is C5H6ClN. The van der Waals surface area contributed by atoms with Gasteiger partial charge < -0.3 is 0 Å². The normalized spacial score (nSPS) is 37.1. The third kappa shape index (κ3) is 0.863. The second-order valence-electron chi connectivity index (χ2n) is 1.89. The van der Waals surface area contributed by atoms with Crippen LogP contribution in [0.4, 0.5) is 0 Å². The fourth-order valence-corrected chi connectivity index (χ4v) is 0.917. The summed E-state index contributed by atoms with van der Waals surface area (Å²) >= 11 is 5.42. The molecule has 38 valence electrons. The molecule has 0 N–H and O–H groups in total. The molecular weight excluding hydrogens is 110 g/mol. The molecule has 1 saturated carbocycles. The predicted octanol–water partition coefficient (Wildman–Crippen LogP) is 1.38. The third-order valence-corrected chi connectivity index (χ3v) is 1.68. The van der Waals surface area contributed by atoms with Crippen LogP contribution in [0.25, 0.3) is 0 Å². The van der Waals surface area contributed by atoms with E-state index < -0.39 is 0 Å². The number of alkyl halides is 1. The van der Waals surface area contributed by atoms with E-state index in [0.29, 0.717) is 11.8 Å². The maximum atomic E-state index is 8.20. The lowest BCUT2D eigenvalue weighted by molar-refractivity contribution is 0.916. The number of halogens is 1. The van der Waals surface area contributed by atoms with Gasteiger partial charge in [0, 0.05) is 5.88 Å². The summed E-state index contributed by atoms with van der Waals surface area (Å²) < 4.78 is 0. The molecule has 2 heteroatoms. The summed E-state index contributed by atoms with van der Waals surface area (Å²) in [4.78, 5) is 0. The highest BCUT2D eigenvalue weighted by Crippen LogP contribution is 2.38. The minimum atomic E-state index is 0.289. The monoisotopic (exact) mass is 115 g/mol. The maximum absolute atomic E-state index is 8.20. The molecule has 1 aliphatic carbocycles. The smallest absolute Gasteiger partial charge is 0.0659 e. The Bertz CT molecular complexity index is 105. The van der Waals surface area contributed by atoms with Crippen molar-refractivity contribution in [3.8, 4) is 6.07 Å². The van der Waals surface area contributed by atoms with Crippen molar-refractivity contribution in [1.82, 2.24) is 0 Å². The Morgan fingerprint density at radius 3 is 2.71 bits per heavy atom. The van der Waals surface area contributed by atoms with Crippen LogP contribution in [0.15, 0.2) is 0 Å². The molecule has 0 heterocycles. The largest absolute Gasteiger partial charge is 0.198 e. The number of hydrogen-bond acceptors (Lipinski definition) is 1. The van der Waals surface area contributed by atoms with Crippen LogP contribution in [0.5, 0.6) is 0 Å². The van der Waals surface area contributed by atoms with Gasteiger partial charge in [0.2, 0.25) is 0 Å². The summed E-state index contributed by atoms with van der Waals surface area (Å²) in [5.41, 5.74) is 0. The molecule has 0 aromatic heterocycles. The van der Waals surface area contributed by atoms with Gasteiger partial charge in [-0.2, -0.15) is 5.26 Å². The number of hydrogen-bond donors (Lipinski definition) is 0. The molecule has 1 aliphatic rings. The van der Waals surface area contributed by atoms with Crippen molar-refractivity contribution in [2.24, 2.45) is 11.8 Å². The van der Waals surface area contributed by atoms with Gasteiger partial charge in [-0.25, -0.2) is 0 Å². The molecule has 2 atom stereocenters. The zero-order valence-electron chi connectivity index (χ0n) is 3.89. The Balaban J connectivity index is 2.21. The van der Waals surface area contributed by atoms with Gasteiger partial charge in [-0.05, 0) is 12.3 Å². The highest BCUT2D eigenvalue weighted by Gasteiger charge is 2.35. The molecule has 1 nitrogen and oxygen atoms in total. The third-order valence-electron chi connectivity index (χ3n) is 1.29. The second kappa shape index (κ2) is 1.71. The topological polar surface area (TPSA) is 23.8 Å². The van der Waals surface area contributed by atoms with E-state index in [1.165, 1.54) is 0 Å². The average Bonchev–Trinajstić information content (AvgIpc) is 2.43. The van der Waals surface area contributed by atoms with Gasteiger partial charge >= 0.3 is 0 Å². The van der Waals surface area contributed by atoms with Gasteiger partial charge in [0.05, 0.1) is 12.0 Å². The van der Waals surface area contributed by atoms with Crippen molar-refractivity contribution < 1.29 is 0 Å². The molecule has 1 rings (SSSR count). The number of nitrogens with zero attached hydrogens (tertiary/aromatic N) is 1. The fraction of sp³-hybridized carbons (Fsp3) is 0.800. The van der Waals surface area contributed by atoms with Crippen LogP contribution < -0.4 is 0 Å². The molecule has 0 amide bonds. The first kappa shape index (κ1) is 4.93. The van der Waals surface area contributed by atoms with Gasteiger partial charge in [-0.1, -0.05) is 0 Å². The van der Waals surface area contributed by atoms with Crippen LogP contribution in [-0.2, 0) is 0 Å². The maximum Gasteiger partial charge on any atom is 0.0659 e. The highest BCUT2D eigenvalue weighted by atomic mass is 35.5. The quantitative estimate of drug-likeness (QED) is 0.474. The lowest BCUT2D eigenvalue weighted by Gasteiger charge is -1.75. The van der Waals surface area contributed by atoms with Crippen LogP contribution >= 0.6 is 11.6 Å². The summed E-state index contributed by atoms with van der Waals surface area (Å²) in [6.45, 7) is 0.